The van der Waals surface area contributed by atoms with Gasteiger partial charge in [0.15, 0.2) is 6.21 Å². The molecular weight excluding hydrogens is 372 g/mol. The molecule has 0 saturated carbocycles. The van der Waals surface area contributed by atoms with Crippen molar-refractivity contribution in [3.8, 4) is 11.1 Å². The monoisotopic (exact) mass is 400 g/mol. The van der Waals surface area contributed by atoms with E-state index in [-0.39, 0.29) is 5.91 Å². The molecule has 0 radical (unpaired) electrons. The topological polar surface area (TPSA) is 55.2 Å². The molecule has 0 fully saturated rings. The summed E-state index contributed by atoms with van der Waals surface area (Å²) in [6.07, 6.45) is 6.02. The van der Waals surface area contributed by atoms with Gasteiger partial charge in [-0.2, -0.15) is 4.74 Å². The van der Waals surface area contributed by atoms with Crippen LogP contribution in [0.1, 0.15) is 48.5 Å². The molecule has 30 heavy (non-hydrogen) atoms. The van der Waals surface area contributed by atoms with Gasteiger partial charge in [0, 0.05) is 29.8 Å². The van der Waals surface area contributed by atoms with E-state index in [0.717, 1.165) is 34.3 Å². The molecular formula is C26H28N2O2. The molecule has 3 rings (SSSR count). The van der Waals surface area contributed by atoms with Crippen LogP contribution in [0.5, 0.6) is 0 Å². The fourth-order valence-corrected chi connectivity index (χ4v) is 3.22. The molecule has 0 unspecified atom stereocenters. The lowest BCUT2D eigenvalue weighted by Crippen LogP contribution is -2.24. The number of carbonyl (C=O) groups excluding carboxylic acids is 1. The minimum atomic E-state index is -0.101. The van der Waals surface area contributed by atoms with Gasteiger partial charge in [-0.15, -0.1) is 0 Å². The summed E-state index contributed by atoms with van der Waals surface area (Å²) in [5.74, 6) is -0.101. The number of nitrogens with zero attached hydrogens (tertiary/aromatic N) is 1. The minimum absolute atomic E-state index is 0.101. The average molecular weight is 401 g/mol. The zero-order chi connectivity index (χ0) is 21.2. The molecule has 4 nitrogen and oxygen atoms in total. The summed E-state index contributed by atoms with van der Waals surface area (Å²) < 4.78 is 0.823. The summed E-state index contributed by atoms with van der Waals surface area (Å²) in [4.78, 5) is 12.2. The van der Waals surface area contributed by atoms with Gasteiger partial charge in [0.2, 0.25) is 5.69 Å². The Morgan fingerprint density at radius 2 is 1.53 bits per heavy atom. The van der Waals surface area contributed by atoms with E-state index in [4.69, 9.17) is 0 Å². The van der Waals surface area contributed by atoms with Crippen molar-refractivity contribution in [1.82, 2.24) is 5.32 Å². The Labute approximate surface area is 178 Å². The highest BCUT2D eigenvalue weighted by molar-refractivity contribution is 5.94. The van der Waals surface area contributed by atoms with Crippen LogP contribution < -0.4 is 5.32 Å². The van der Waals surface area contributed by atoms with Crippen molar-refractivity contribution < 1.29 is 9.53 Å². The van der Waals surface area contributed by atoms with E-state index in [9.17, 15) is 10.0 Å². The first-order chi connectivity index (χ1) is 14.7. The fraction of sp³-hybridized carbons (Fsp3) is 0.231. The smallest absolute Gasteiger partial charge is 0.251 e. The first kappa shape index (κ1) is 21.3. The molecule has 154 valence electrons. The van der Waals surface area contributed by atoms with Crippen molar-refractivity contribution in [2.24, 2.45) is 0 Å². The molecule has 0 atom stereocenters. The quantitative estimate of drug-likeness (QED) is 0.159. The molecule has 4 heteroatoms. The first-order valence-corrected chi connectivity index (χ1v) is 10.5. The number of hydrogen-bond donors (Lipinski definition) is 1. The van der Waals surface area contributed by atoms with E-state index < -0.39 is 0 Å². The third kappa shape index (κ3) is 6.05. The largest absolute Gasteiger partial charge is 0.618 e. The van der Waals surface area contributed by atoms with Gasteiger partial charge in [-0.25, -0.2) is 0 Å². The van der Waals surface area contributed by atoms with Crippen LogP contribution in [-0.4, -0.2) is 23.4 Å². The van der Waals surface area contributed by atoms with Crippen molar-refractivity contribution in [2.45, 2.75) is 32.6 Å². The van der Waals surface area contributed by atoms with E-state index in [0.29, 0.717) is 17.8 Å². The van der Waals surface area contributed by atoms with Crippen LogP contribution in [0.2, 0.25) is 0 Å². The number of rotatable bonds is 9. The Balaban J connectivity index is 1.60. The third-order valence-corrected chi connectivity index (χ3v) is 4.98. The Morgan fingerprint density at radius 3 is 2.20 bits per heavy atom. The second-order valence-electron chi connectivity index (χ2n) is 7.31. The molecule has 0 heterocycles. The minimum Gasteiger partial charge on any atom is -0.618 e. The second-order valence-corrected chi connectivity index (χ2v) is 7.31. The van der Waals surface area contributed by atoms with Gasteiger partial charge in [0.25, 0.3) is 5.91 Å². The predicted molar refractivity (Wildman–Crippen MR) is 123 cm³/mol. The van der Waals surface area contributed by atoms with Crippen molar-refractivity contribution in [3.63, 3.8) is 0 Å². The van der Waals surface area contributed by atoms with Gasteiger partial charge in [-0.05, 0) is 41.8 Å². The van der Waals surface area contributed by atoms with Crippen LogP contribution in [0.3, 0.4) is 0 Å². The van der Waals surface area contributed by atoms with Crippen LogP contribution in [0.4, 0.5) is 5.69 Å². The molecule has 3 aromatic rings. The third-order valence-electron chi connectivity index (χ3n) is 4.98. The molecule has 0 aliphatic carbocycles. The lowest BCUT2D eigenvalue weighted by molar-refractivity contribution is -0.354. The van der Waals surface area contributed by atoms with E-state index in [1.807, 2.05) is 42.5 Å². The Bertz CT molecular complexity index is 962. The summed E-state index contributed by atoms with van der Waals surface area (Å²) in [5, 5.41) is 15.4. The van der Waals surface area contributed by atoms with E-state index in [1.165, 1.54) is 19.1 Å². The first-order valence-electron chi connectivity index (χ1n) is 10.5. The fourth-order valence-electron chi connectivity index (χ4n) is 3.22. The number of benzene rings is 3. The number of unbranched alkanes of at least 4 members (excludes halogenated alkanes) is 3. The van der Waals surface area contributed by atoms with E-state index in [2.05, 4.69) is 24.4 Å². The predicted octanol–water partition coefficient (Wildman–Crippen LogP) is 5.92. The van der Waals surface area contributed by atoms with Gasteiger partial charge in [0.05, 0.1) is 0 Å². The molecule has 0 aliphatic rings. The van der Waals surface area contributed by atoms with Gasteiger partial charge in [0.1, 0.15) is 0 Å². The maximum atomic E-state index is 12.5. The normalized spacial score (nSPS) is 11.3. The Kier molecular flexibility index (Phi) is 7.78. The van der Waals surface area contributed by atoms with Crippen LogP contribution in [0.25, 0.3) is 11.1 Å². The van der Waals surface area contributed by atoms with Gasteiger partial charge >= 0.3 is 0 Å². The molecule has 3 aromatic carbocycles. The van der Waals surface area contributed by atoms with Gasteiger partial charge in [-0.1, -0.05) is 68.7 Å². The van der Waals surface area contributed by atoms with Gasteiger partial charge < -0.3 is 10.5 Å². The number of amides is 1. The Hall–Kier alpha value is -3.40. The van der Waals surface area contributed by atoms with Crippen LogP contribution >= 0.6 is 0 Å². The summed E-state index contributed by atoms with van der Waals surface area (Å²) in [7, 11) is 0. The van der Waals surface area contributed by atoms with Crippen molar-refractivity contribution >= 4 is 17.8 Å². The van der Waals surface area contributed by atoms with Crippen molar-refractivity contribution in [1.29, 1.82) is 0 Å². The van der Waals surface area contributed by atoms with Crippen LogP contribution in [0, 0.1) is 5.21 Å². The highest BCUT2D eigenvalue weighted by Crippen LogP contribution is 2.19. The lowest BCUT2D eigenvalue weighted by atomic mass is 10.0. The van der Waals surface area contributed by atoms with E-state index >= 15 is 0 Å². The molecule has 0 aromatic heterocycles. The molecule has 1 amide bonds. The van der Waals surface area contributed by atoms with Gasteiger partial charge in [-0.3, -0.25) is 4.79 Å². The highest BCUT2D eigenvalue weighted by atomic mass is 16.5. The summed E-state index contributed by atoms with van der Waals surface area (Å²) in [6, 6.07) is 24.7. The van der Waals surface area contributed by atoms with E-state index in [1.54, 1.807) is 24.3 Å². The molecule has 0 bridgehead atoms. The number of nitrogens with one attached hydrogen (secondary N) is 1. The number of carbonyl (C=O) groups is 1. The standard InChI is InChI=1S/C26H28N2O2/c1-2-3-4-8-19-27-26(29)24-15-17-25(18-16-24)28(30)20-21-11-13-23(14-12-21)22-9-6-5-7-10-22/h5-7,9-18,20H,2-4,8,19H2,1H3,(H,27,29)/b28-20+. The summed E-state index contributed by atoms with van der Waals surface area (Å²) in [5.41, 5.74) is 4.12. The second kappa shape index (κ2) is 11.0. The average Bonchev–Trinajstić information content (AvgIpc) is 2.80. The zero-order valence-corrected chi connectivity index (χ0v) is 17.4. The maximum absolute atomic E-state index is 12.5. The summed E-state index contributed by atoms with van der Waals surface area (Å²) in [6.45, 7) is 2.84. The lowest BCUT2D eigenvalue weighted by Gasteiger charge is -2.07. The Morgan fingerprint density at radius 1 is 0.867 bits per heavy atom. The SMILES string of the molecule is CCCCCCNC(=O)c1ccc(/[N+]([O-])=C\c2ccc(-c3ccccc3)cc2)cc1. The number of hydrogen-bond acceptors (Lipinski definition) is 2. The van der Waals surface area contributed by atoms with Crippen LogP contribution in [0.15, 0.2) is 78.9 Å². The highest BCUT2D eigenvalue weighted by Gasteiger charge is 2.08. The molecule has 0 aliphatic heterocycles. The molecule has 0 saturated heterocycles. The molecule has 1 N–H and O–H groups in total. The zero-order valence-electron chi connectivity index (χ0n) is 17.4. The maximum Gasteiger partial charge on any atom is 0.251 e. The molecule has 0 spiro atoms. The summed E-state index contributed by atoms with van der Waals surface area (Å²) >= 11 is 0. The van der Waals surface area contributed by atoms with Crippen molar-refractivity contribution in [2.75, 3.05) is 6.54 Å². The van der Waals surface area contributed by atoms with Crippen LogP contribution in [-0.2, 0) is 0 Å². The van der Waals surface area contributed by atoms with Crippen molar-refractivity contribution in [3.05, 3.63) is 95.2 Å².